The Morgan fingerprint density at radius 3 is 2.69 bits per heavy atom. The number of benzene rings is 1. The third kappa shape index (κ3) is 3.05. The average Bonchev–Trinajstić information content (AvgIpc) is 3.16. The third-order valence-corrected chi connectivity index (χ3v) is 4.67. The maximum Gasteiger partial charge on any atom is 0.325 e. The zero-order valence-corrected chi connectivity index (χ0v) is 14.1. The van der Waals surface area contributed by atoms with Gasteiger partial charge in [-0.3, -0.25) is 24.6 Å². The molecule has 2 fully saturated rings. The van der Waals surface area contributed by atoms with Gasteiger partial charge in [-0.05, 0) is 18.9 Å². The molecule has 2 aliphatic rings. The highest BCUT2D eigenvalue weighted by atomic mass is 16.6. The Morgan fingerprint density at radius 2 is 2.08 bits per heavy atom. The van der Waals surface area contributed by atoms with E-state index in [0.717, 1.165) is 17.7 Å². The quantitative estimate of drug-likeness (QED) is 0.462. The van der Waals surface area contributed by atoms with Crippen molar-refractivity contribution < 1.29 is 24.0 Å². The van der Waals surface area contributed by atoms with Crippen LogP contribution in [-0.4, -0.2) is 46.9 Å². The number of rotatable bonds is 5. The van der Waals surface area contributed by atoms with Crippen molar-refractivity contribution in [3.63, 3.8) is 0 Å². The molecule has 26 heavy (non-hydrogen) atoms. The Hall–Kier alpha value is -3.17. The monoisotopic (exact) mass is 362 g/mol. The van der Waals surface area contributed by atoms with Gasteiger partial charge < -0.3 is 15.4 Å². The van der Waals surface area contributed by atoms with Gasteiger partial charge >= 0.3 is 6.03 Å². The molecule has 138 valence electrons. The van der Waals surface area contributed by atoms with Crippen LogP contribution in [0, 0.1) is 10.1 Å². The summed E-state index contributed by atoms with van der Waals surface area (Å²) < 4.78 is 5.05. The number of methoxy groups -OCH3 is 1. The lowest BCUT2D eigenvalue weighted by Gasteiger charge is -2.19. The van der Waals surface area contributed by atoms with E-state index >= 15 is 0 Å². The van der Waals surface area contributed by atoms with Gasteiger partial charge in [-0.2, -0.15) is 0 Å². The standard InChI is InChI=1S/C16H18N4O6/c1-26-12-8-10(20(24)25)4-5-11(12)17-13(21)9-19-14(22)16(18-15(19)23)6-2-3-7-16/h4-5,8H,2-3,6-7,9H2,1H3,(H,17,21)(H,18,23). The second-order valence-corrected chi connectivity index (χ2v) is 6.30. The van der Waals surface area contributed by atoms with E-state index in [9.17, 15) is 24.5 Å². The number of anilines is 1. The van der Waals surface area contributed by atoms with E-state index in [2.05, 4.69) is 10.6 Å². The largest absolute Gasteiger partial charge is 0.494 e. The smallest absolute Gasteiger partial charge is 0.325 e. The molecule has 3 rings (SSSR count). The summed E-state index contributed by atoms with van der Waals surface area (Å²) in [6.07, 6.45) is 2.86. The molecule has 1 spiro atoms. The second kappa shape index (κ2) is 6.62. The maximum absolute atomic E-state index is 12.5. The summed E-state index contributed by atoms with van der Waals surface area (Å²) in [5.41, 5.74) is -0.842. The molecule has 10 nitrogen and oxygen atoms in total. The van der Waals surface area contributed by atoms with E-state index in [0.29, 0.717) is 12.8 Å². The van der Waals surface area contributed by atoms with Crippen LogP contribution in [0.5, 0.6) is 5.75 Å². The highest BCUT2D eigenvalue weighted by molar-refractivity contribution is 6.10. The summed E-state index contributed by atoms with van der Waals surface area (Å²) in [4.78, 5) is 48.0. The number of non-ortho nitro benzene ring substituents is 1. The van der Waals surface area contributed by atoms with Crippen LogP contribution in [0.4, 0.5) is 16.2 Å². The molecule has 4 amide bonds. The summed E-state index contributed by atoms with van der Waals surface area (Å²) in [5.74, 6) is -0.876. The number of nitrogens with zero attached hydrogens (tertiary/aromatic N) is 2. The number of urea groups is 1. The highest BCUT2D eigenvalue weighted by Crippen LogP contribution is 2.35. The van der Waals surface area contributed by atoms with Crippen molar-refractivity contribution in [3.8, 4) is 5.75 Å². The van der Waals surface area contributed by atoms with Gasteiger partial charge in [0.15, 0.2) is 0 Å². The van der Waals surface area contributed by atoms with Crippen molar-refractivity contribution in [2.45, 2.75) is 31.2 Å². The molecule has 0 bridgehead atoms. The lowest BCUT2D eigenvalue weighted by Crippen LogP contribution is -2.44. The molecule has 1 aliphatic heterocycles. The zero-order valence-electron chi connectivity index (χ0n) is 14.1. The molecular weight excluding hydrogens is 344 g/mol. The highest BCUT2D eigenvalue weighted by Gasteiger charge is 2.52. The molecule has 1 saturated heterocycles. The van der Waals surface area contributed by atoms with Gasteiger partial charge in [0.2, 0.25) is 5.91 Å². The van der Waals surface area contributed by atoms with Crippen LogP contribution in [0.2, 0.25) is 0 Å². The van der Waals surface area contributed by atoms with Crippen molar-refractivity contribution in [3.05, 3.63) is 28.3 Å². The van der Waals surface area contributed by atoms with Crippen LogP contribution < -0.4 is 15.4 Å². The van der Waals surface area contributed by atoms with Crippen molar-refractivity contribution in [2.24, 2.45) is 0 Å². The van der Waals surface area contributed by atoms with E-state index in [1.165, 1.54) is 25.3 Å². The van der Waals surface area contributed by atoms with E-state index < -0.39 is 28.9 Å². The van der Waals surface area contributed by atoms with Crippen LogP contribution in [0.3, 0.4) is 0 Å². The van der Waals surface area contributed by atoms with Crippen LogP contribution in [0.25, 0.3) is 0 Å². The van der Waals surface area contributed by atoms with E-state index in [4.69, 9.17) is 4.74 Å². The first-order valence-electron chi connectivity index (χ1n) is 8.13. The summed E-state index contributed by atoms with van der Waals surface area (Å²) in [5, 5.41) is 16.0. The van der Waals surface area contributed by atoms with Gasteiger partial charge in [0.05, 0.1) is 23.8 Å². The molecule has 1 aliphatic carbocycles. The number of nitro benzene ring substituents is 1. The lowest BCUT2D eigenvalue weighted by atomic mass is 9.98. The summed E-state index contributed by atoms with van der Waals surface area (Å²) in [7, 11) is 1.32. The predicted octanol–water partition coefficient (Wildman–Crippen LogP) is 1.41. The summed E-state index contributed by atoms with van der Waals surface area (Å²) in [6, 6.07) is 3.15. The molecule has 0 atom stereocenters. The number of nitro groups is 1. The van der Waals surface area contributed by atoms with Crippen molar-refractivity contribution in [1.82, 2.24) is 10.2 Å². The molecule has 0 radical (unpaired) electrons. The van der Waals surface area contributed by atoms with Crippen LogP contribution >= 0.6 is 0 Å². The minimum atomic E-state index is -0.873. The molecule has 1 heterocycles. The van der Waals surface area contributed by atoms with Gasteiger partial charge in [-0.1, -0.05) is 12.8 Å². The van der Waals surface area contributed by atoms with Crippen LogP contribution in [-0.2, 0) is 9.59 Å². The maximum atomic E-state index is 12.5. The van der Waals surface area contributed by atoms with Crippen LogP contribution in [0.1, 0.15) is 25.7 Å². The molecule has 10 heteroatoms. The van der Waals surface area contributed by atoms with E-state index in [1.54, 1.807) is 0 Å². The Bertz CT molecular complexity index is 787. The molecule has 1 aromatic rings. The first-order valence-corrected chi connectivity index (χ1v) is 8.13. The zero-order chi connectivity index (χ0) is 18.9. The Labute approximate surface area is 148 Å². The average molecular weight is 362 g/mol. The van der Waals surface area contributed by atoms with Crippen LogP contribution in [0.15, 0.2) is 18.2 Å². The third-order valence-electron chi connectivity index (χ3n) is 4.67. The molecular formula is C16H18N4O6. The molecule has 0 aromatic heterocycles. The van der Waals surface area contributed by atoms with Crippen molar-refractivity contribution >= 4 is 29.2 Å². The Balaban J connectivity index is 1.70. The van der Waals surface area contributed by atoms with Gasteiger partial charge in [-0.25, -0.2) is 4.79 Å². The number of ether oxygens (including phenoxy) is 1. The van der Waals surface area contributed by atoms with Crippen molar-refractivity contribution in [2.75, 3.05) is 19.0 Å². The summed E-state index contributed by atoms with van der Waals surface area (Å²) in [6.45, 7) is -0.438. The minimum Gasteiger partial charge on any atom is -0.494 e. The molecule has 1 aromatic carbocycles. The van der Waals surface area contributed by atoms with Gasteiger partial charge in [-0.15, -0.1) is 0 Å². The normalized spacial score (nSPS) is 18.1. The summed E-state index contributed by atoms with van der Waals surface area (Å²) >= 11 is 0. The number of imide groups is 1. The second-order valence-electron chi connectivity index (χ2n) is 6.30. The van der Waals surface area contributed by atoms with E-state index in [1.807, 2.05) is 0 Å². The van der Waals surface area contributed by atoms with Gasteiger partial charge in [0, 0.05) is 6.07 Å². The SMILES string of the molecule is COc1cc([N+](=O)[O-])ccc1NC(=O)CN1C(=O)NC2(CCCC2)C1=O. The first kappa shape index (κ1) is 17.6. The van der Waals surface area contributed by atoms with E-state index in [-0.39, 0.29) is 23.0 Å². The number of hydrogen-bond acceptors (Lipinski definition) is 6. The number of carbonyl (C=O) groups excluding carboxylic acids is 3. The number of hydrogen-bond donors (Lipinski definition) is 2. The Kier molecular flexibility index (Phi) is 4.49. The molecule has 1 saturated carbocycles. The fraction of sp³-hybridized carbons (Fsp3) is 0.438. The minimum absolute atomic E-state index is 0.108. The lowest BCUT2D eigenvalue weighted by molar-refractivity contribution is -0.384. The van der Waals surface area contributed by atoms with Crippen molar-refractivity contribution in [1.29, 1.82) is 0 Å². The fourth-order valence-electron chi connectivity index (χ4n) is 3.37. The number of nitrogens with one attached hydrogen (secondary N) is 2. The molecule has 0 unspecified atom stereocenters. The Morgan fingerprint density at radius 1 is 1.38 bits per heavy atom. The first-order chi connectivity index (χ1) is 12.4. The van der Waals surface area contributed by atoms with Gasteiger partial charge in [0.1, 0.15) is 17.8 Å². The topological polar surface area (TPSA) is 131 Å². The fourth-order valence-corrected chi connectivity index (χ4v) is 3.37. The molecule has 2 N–H and O–H groups in total. The predicted molar refractivity (Wildman–Crippen MR) is 89.7 cm³/mol. The number of amides is 4. The van der Waals surface area contributed by atoms with Gasteiger partial charge in [0.25, 0.3) is 11.6 Å². The number of carbonyl (C=O) groups is 3.